The maximum atomic E-state index is 12.7. The van der Waals surface area contributed by atoms with Gasteiger partial charge in [0.2, 0.25) is 0 Å². The highest BCUT2D eigenvalue weighted by Gasteiger charge is 2.36. The Labute approximate surface area is 319 Å². The van der Waals surface area contributed by atoms with Gasteiger partial charge in [-0.3, -0.25) is 13.8 Å². The molecule has 0 saturated carbocycles. The minimum Gasteiger partial charge on any atom is -0.498 e. The number of hydrogen-bond acceptors (Lipinski definition) is 7. The summed E-state index contributed by atoms with van der Waals surface area (Å²) in [7, 11) is 1.62. The average molecular weight is 759 g/mol. The van der Waals surface area contributed by atoms with Crippen molar-refractivity contribution >= 4 is 13.8 Å². The Morgan fingerprint density at radius 3 is 1.92 bits per heavy atom. The molecule has 52 heavy (non-hydrogen) atoms. The summed E-state index contributed by atoms with van der Waals surface area (Å²) in [5.74, 6) is -0.353. The van der Waals surface area contributed by atoms with Crippen LogP contribution in [0.1, 0.15) is 174 Å². The van der Waals surface area contributed by atoms with E-state index in [-0.39, 0.29) is 25.8 Å². The van der Waals surface area contributed by atoms with Crippen LogP contribution in [0.5, 0.6) is 0 Å². The average Bonchev–Trinajstić information content (AvgIpc) is 3.85. The second-order valence-electron chi connectivity index (χ2n) is 15.8. The van der Waals surface area contributed by atoms with Crippen LogP contribution >= 0.6 is 7.82 Å². The molecular formula is C42H81NO8P+. The molecule has 10 heteroatoms. The SMILES string of the molecule is CCCCC/C=C\CC1OC1CCCCCCCC(=O)O[C@H](CO/C=C/CCCCCCCCCCCCCC)COP(=O)(O)OCC[N+](C)(C)C. The van der Waals surface area contributed by atoms with Crippen molar-refractivity contribution in [1.29, 1.82) is 0 Å². The van der Waals surface area contributed by atoms with Crippen molar-refractivity contribution in [3.05, 3.63) is 24.5 Å². The van der Waals surface area contributed by atoms with Crippen LogP contribution in [0.2, 0.25) is 0 Å². The van der Waals surface area contributed by atoms with E-state index in [1.165, 1.54) is 96.3 Å². The van der Waals surface area contributed by atoms with E-state index in [9.17, 15) is 14.3 Å². The first-order valence-corrected chi connectivity index (χ1v) is 22.7. The molecule has 306 valence electrons. The van der Waals surface area contributed by atoms with Gasteiger partial charge in [0.25, 0.3) is 0 Å². The monoisotopic (exact) mass is 759 g/mol. The van der Waals surface area contributed by atoms with Crippen LogP contribution in [0.15, 0.2) is 24.5 Å². The number of nitrogens with zero attached hydrogens (tertiary/aromatic N) is 1. The molecule has 1 N–H and O–H groups in total. The van der Waals surface area contributed by atoms with E-state index in [2.05, 4.69) is 26.0 Å². The molecule has 0 radical (unpaired) electrons. The van der Waals surface area contributed by atoms with Gasteiger partial charge in [-0.1, -0.05) is 135 Å². The van der Waals surface area contributed by atoms with Gasteiger partial charge in [0.15, 0.2) is 6.10 Å². The molecule has 9 nitrogen and oxygen atoms in total. The third-order valence-corrected chi connectivity index (χ3v) is 10.5. The number of phosphoric acid groups is 1. The van der Waals surface area contributed by atoms with Gasteiger partial charge in [-0.15, -0.1) is 0 Å². The number of ether oxygens (including phenoxy) is 3. The summed E-state index contributed by atoms with van der Waals surface area (Å²) in [6.07, 6.45) is 37.5. The molecule has 0 amide bonds. The molecule has 1 heterocycles. The topological polar surface area (TPSA) is 104 Å². The van der Waals surface area contributed by atoms with E-state index in [1.807, 2.05) is 27.2 Å². The highest BCUT2D eigenvalue weighted by atomic mass is 31.2. The summed E-state index contributed by atoms with van der Waals surface area (Å²) in [5, 5.41) is 0. The molecule has 3 unspecified atom stereocenters. The minimum atomic E-state index is -4.29. The quantitative estimate of drug-likeness (QED) is 0.0126. The number of hydrogen-bond donors (Lipinski definition) is 1. The van der Waals surface area contributed by atoms with Gasteiger partial charge in [-0.2, -0.15) is 0 Å². The molecule has 0 aliphatic carbocycles. The van der Waals surface area contributed by atoms with Crippen LogP contribution in [-0.2, 0) is 32.6 Å². The smallest absolute Gasteiger partial charge is 0.472 e. The highest BCUT2D eigenvalue weighted by Crippen LogP contribution is 2.43. The van der Waals surface area contributed by atoms with Crippen LogP contribution < -0.4 is 0 Å². The highest BCUT2D eigenvalue weighted by molar-refractivity contribution is 7.47. The van der Waals surface area contributed by atoms with Crippen molar-refractivity contribution in [2.24, 2.45) is 0 Å². The third kappa shape index (κ3) is 32.2. The molecule has 1 fully saturated rings. The Morgan fingerprint density at radius 1 is 0.712 bits per heavy atom. The molecule has 0 aromatic heterocycles. The van der Waals surface area contributed by atoms with Gasteiger partial charge in [0, 0.05) is 6.42 Å². The lowest BCUT2D eigenvalue weighted by Crippen LogP contribution is -2.37. The molecule has 1 aliphatic rings. The normalized spacial score (nSPS) is 17.9. The molecule has 0 aromatic rings. The van der Waals surface area contributed by atoms with Crippen LogP contribution in [0.25, 0.3) is 0 Å². The Kier molecular flexibility index (Phi) is 30.1. The molecule has 1 aliphatic heterocycles. The van der Waals surface area contributed by atoms with E-state index in [1.54, 1.807) is 6.26 Å². The van der Waals surface area contributed by atoms with Gasteiger partial charge in [-0.05, 0) is 51.0 Å². The standard InChI is InChI=1S/C42H80NO8P/c1-6-8-10-12-14-15-16-17-18-19-20-21-26-30-35-47-37-39(38-49-52(45,46)48-36-34-43(3,4)5)50-42(44)33-29-25-22-24-28-32-41-40(51-41)31-27-23-13-11-9-7-2/h23,27,30,35,39-41H,6-22,24-26,28-29,31-34,36-38H2,1-5H3/p+1/b27-23-,35-30+/t39-,40?,41?/m1/s1. The fourth-order valence-electron chi connectivity index (χ4n) is 6.05. The predicted octanol–water partition coefficient (Wildman–Crippen LogP) is 11.4. The lowest BCUT2D eigenvalue weighted by atomic mass is 10.0. The molecule has 0 spiro atoms. The summed E-state index contributed by atoms with van der Waals surface area (Å²) >= 11 is 0. The van der Waals surface area contributed by atoms with Gasteiger partial charge < -0.3 is 23.6 Å². The van der Waals surface area contributed by atoms with Crippen LogP contribution in [0, 0.1) is 0 Å². The summed E-state index contributed by atoms with van der Waals surface area (Å²) in [6, 6.07) is 0. The zero-order valence-corrected chi connectivity index (χ0v) is 35.1. The first-order valence-electron chi connectivity index (χ1n) is 21.2. The van der Waals surface area contributed by atoms with Gasteiger partial charge in [0.1, 0.15) is 19.8 Å². The van der Waals surface area contributed by atoms with Crippen molar-refractivity contribution < 1.29 is 42.0 Å². The lowest BCUT2D eigenvalue weighted by molar-refractivity contribution is -0.870. The summed E-state index contributed by atoms with van der Waals surface area (Å²) in [6.45, 7) is 4.87. The number of likely N-dealkylation sites (N-methyl/N-ethyl adjacent to an activating group) is 1. The Bertz CT molecular complexity index is 953. The number of phosphoric ester groups is 1. The van der Waals surface area contributed by atoms with Crippen LogP contribution in [0.4, 0.5) is 0 Å². The number of allylic oxidation sites excluding steroid dienone is 2. The Morgan fingerprint density at radius 2 is 1.27 bits per heavy atom. The number of unbranched alkanes of at least 4 members (excludes halogenated alkanes) is 19. The van der Waals surface area contributed by atoms with Crippen molar-refractivity contribution in [3.8, 4) is 0 Å². The summed E-state index contributed by atoms with van der Waals surface area (Å²) < 4.78 is 40.5. The first-order chi connectivity index (χ1) is 25.1. The largest absolute Gasteiger partial charge is 0.498 e. The summed E-state index contributed by atoms with van der Waals surface area (Å²) in [5.41, 5.74) is 0. The number of rotatable bonds is 38. The van der Waals surface area contributed by atoms with Gasteiger partial charge in [0.05, 0.1) is 46.2 Å². The van der Waals surface area contributed by atoms with Crippen molar-refractivity contribution in [3.63, 3.8) is 0 Å². The Balaban J connectivity index is 2.27. The molecular weight excluding hydrogens is 677 g/mol. The fraction of sp³-hybridized carbons (Fsp3) is 0.881. The first kappa shape index (κ1) is 48.8. The van der Waals surface area contributed by atoms with Gasteiger partial charge >= 0.3 is 13.8 Å². The zero-order chi connectivity index (χ0) is 38.2. The predicted molar refractivity (Wildman–Crippen MR) is 214 cm³/mol. The zero-order valence-electron chi connectivity index (χ0n) is 34.2. The molecule has 4 atom stereocenters. The second-order valence-corrected chi connectivity index (χ2v) is 17.3. The molecule has 0 bridgehead atoms. The van der Waals surface area contributed by atoms with E-state index < -0.39 is 13.9 Å². The van der Waals surface area contributed by atoms with Crippen LogP contribution in [-0.4, -0.2) is 81.2 Å². The second kappa shape index (κ2) is 32.1. The Hall–Kier alpha value is -1.22. The third-order valence-electron chi connectivity index (χ3n) is 9.50. The van der Waals surface area contributed by atoms with E-state index in [4.69, 9.17) is 23.3 Å². The number of carbonyl (C=O) groups is 1. The van der Waals surface area contributed by atoms with Crippen molar-refractivity contribution in [2.75, 3.05) is 47.5 Å². The van der Waals surface area contributed by atoms with Crippen LogP contribution in [0.3, 0.4) is 0 Å². The van der Waals surface area contributed by atoms with Crippen molar-refractivity contribution in [2.45, 2.75) is 193 Å². The van der Waals surface area contributed by atoms with E-state index in [0.29, 0.717) is 29.7 Å². The number of epoxide rings is 1. The molecule has 1 rings (SSSR count). The maximum Gasteiger partial charge on any atom is 0.472 e. The van der Waals surface area contributed by atoms with E-state index in [0.717, 1.165) is 57.8 Å². The minimum absolute atomic E-state index is 0.0401. The fourth-order valence-corrected chi connectivity index (χ4v) is 6.80. The molecule has 1 saturated heterocycles. The van der Waals surface area contributed by atoms with Gasteiger partial charge in [-0.25, -0.2) is 4.57 Å². The lowest BCUT2D eigenvalue weighted by Gasteiger charge is -2.24. The summed E-state index contributed by atoms with van der Waals surface area (Å²) in [4.78, 5) is 22.9. The number of quaternary nitrogens is 1. The van der Waals surface area contributed by atoms with E-state index >= 15 is 0 Å². The molecule has 0 aromatic carbocycles. The number of carbonyl (C=O) groups excluding carboxylic acids is 1. The van der Waals surface area contributed by atoms with Crippen molar-refractivity contribution in [1.82, 2.24) is 0 Å². The number of esters is 1. The maximum absolute atomic E-state index is 12.7.